The first kappa shape index (κ1) is 24.2. The van der Waals surface area contributed by atoms with Gasteiger partial charge in [-0.3, -0.25) is 0 Å². The van der Waals surface area contributed by atoms with E-state index in [1.807, 2.05) is 11.6 Å². The molecule has 0 saturated carbocycles. The molecule has 1 aliphatic heterocycles. The topological polar surface area (TPSA) is 76.3 Å². The minimum atomic E-state index is -2.94. The van der Waals surface area contributed by atoms with Crippen molar-refractivity contribution in [3.8, 4) is 16.9 Å². The predicted octanol–water partition coefficient (Wildman–Crippen LogP) is 4.50. The van der Waals surface area contributed by atoms with Gasteiger partial charge in [-0.05, 0) is 38.9 Å². The number of fused-ring (bicyclic) bond motifs is 1. The zero-order valence-corrected chi connectivity index (χ0v) is 20.0. The number of para-hydroxylation sites is 1. The molecule has 188 valence electrons. The fraction of sp³-hybridized carbons (Fsp3) is 0.346. The monoisotopic (exact) mass is 497 g/mol. The first-order valence-electron chi connectivity index (χ1n) is 11.7. The molecule has 10 heteroatoms. The maximum absolute atomic E-state index is 15.1. The summed E-state index contributed by atoms with van der Waals surface area (Å²) in [6.45, 7) is 0.522. The highest BCUT2D eigenvalue weighted by atomic mass is 19.3. The van der Waals surface area contributed by atoms with Crippen molar-refractivity contribution in [2.75, 3.05) is 20.1 Å². The number of rotatable bonds is 6. The summed E-state index contributed by atoms with van der Waals surface area (Å²) in [5, 5.41) is 11.0. The number of hydrogen-bond donors (Lipinski definition) is 1. The minimum Gasteiger partial charge on any atom is -0.434 e. The number of hydrogen-bond acceptors (Lipinski definition) is 6. The van der Waals surface area contributed by atoms with Crippen molar-refractivity contribution in [1.29, 1.82) is 0 Å². The van der Waals surface area contributed by atoms with E-state index in [1.165, 1.54) is 24.5 Å². The molecule has 7 nitrogen and oxygen atoms in total. The molecule has 1 N–H and O–H groups in total. The molecule has 1 fully saturated rings. The Labute approximate surface area is 206 Å². The van der Waals surface area contributed by atoms with Crippen LogP contribution in [0.3, 0.4) is 0 Å². The number of piperidine rings is 1. The molecule has 36 heavy (non-hydrogen) atoms. The van der Waals surface area contributed by atoms with Crippen molar-refractivity contribution in [1.82, 2.24) is 24.4 Å². The number of aliphatic hydroxyl groups is 1. The molecular weight excluding hydrogens is 471 g/mol. The van der Waals surface area contributed by atoms with Gasteiger partial charge in [0.1, 0.15) is 23.0 Å². The lowest BCUT2D eigenvalue weighted by molar-refractivity contribution is -0.0504. The van der Waals surface area contributed by atoms with E-state index in [-0.39, 0.29) is 17.9 Å². The normalized spacial score (nSPS) is 16.1. The molecule has 1 saturated heterocycles. The fourth-order valence-electron chi connectivity index (χ4n) is 4.62. The van der Waals surface area contributed by atoms with Gasteiger partial charge in [0, 0.05) is 48.2 Å². The van der Waals surface area contributed by atoms with E-state index >= 15 is 4.39 Å². The maximum Gasteiger partial charge on any atom is 0.387 e. The number of aryl methyl sites for hydroxylation is 1. The van der Waals surface area contributed by atoms with Crippen molar-refractivity contribution in [2.45, 2.75) is 38.5 Å². The average molecular weight is 498 g/mol. The van der Waals surface area contributed by atoms with Crippen LogP contribution in [-0.2, 0) is 12.1 Å². The lowest BCUT2D eigenvalue weighted by Gasteiger charge is -2.35. The largest absolute Gasteiger partial charge is 0.434 e. The van der Waals surface area contributed by atoms with E-state index < -0.39 is 18.0 Å². The van der Waals surface area contributed by atoms with Gasteiger partial charge in [0.05, 0.1) is 17.6 Å². The van der Waals surface area contributed by atoms with Gasteiger partial charge >= 0.3 is 6.61 Å². The van der Waals surface area contributed by atoms with Gasteiger partial charge in [0.15, 0.2) is 5.82 Å². The third kappa shape index (κ3) is 4.66. The fourth-order valence-corrected chi connectivity index (χ4v) is 4.62. The molecule has 0 radical (unpaired) electrons. The van der Waals surface area contributed by atoms with Crippen LogP contribution in [0.1, 0.15) is 30.1 Å². The summed E-state index contributed by atoms with van der Waals surface area (Å²) in [7, 11) is 2.00. The number of aromatic nitrogens is 4. The van der Waals surface area contributed by atoms with Gasteiger partial charge in [-0.2, -0.15) is 8.78 Å². The number of alkyl halides is 2. The van der Waals surface area contributed by atoms with Crippen LogP contribution in [0.25, 0.3) is 22.2 Å². The van der Waals surface area contributed by atoms with Gasteiger partial charge in [-0.1, -0.05) is 18.2 Å². The molecule has 4 aromatic rings. The summed E-state index contributed by atoms with van der Waals surface area (Å²) in [6.07, 6.45) is 4.08. The Morgan fingerprint density at radius 1 is 1.11 bits per heavy atom. The van der Waals surface area contributed by atoms with Gasteiger partial charge < -0.3 is 19.3 Å². The van der Waals surface area contributed by atoms with Crippen molar-refractivity contribution < 1.29 is 23.0 Å². The first-order chi connectivity index (χ1) is 17.2. The Morgan fingerprint density at radius 2 is 1.81 bits per heavy atom. The molecule has 0 bridgehead atoms. The SMILES string of the molecule is Cc1nc2cc(F)c(-c3cnc(C4(O)CCN(C)CC4)nc3)cc2n1Cc1ccccc1OC(F)F. The molecule has 2 aromatic carbocycles. The predicted molar refractivity (Wildman–Crippen MR) is 128 cm³/mol. The van der Waals surface area contributed by atoms with Crippen molar-refractivity contribution in [3.05, 3.63) is 71.8 Å². The standard InChI is InChI=1S/C26H26F3N5O2/c1-16-32-21-12-20(27)19(18-13-30-24(31-14-18)26(35)7-9-33(2)10-8-26)11-22(21)34(16)15-17-5-3-4-6-23(17)36-25(28)29/h3-6,11-14,25,35H,7-10,15H2,1-2H3. The quantitative estimate of drug-likeness (QED) is 0.423. The number of nitrogens with zero attached hydrogens (tertiary/aromatic N) is 5. The Hall–Kier alpha value is -3.50. The van der Waals surface area contributed by atoms with E-state index in [0.717, 1.165) is 13.1 Å². The summed E-state index contributed by atoms with van der Waals surface area (Å²) in [6, 6.07) is 9.55. The number of ether oxygens (including phenoxy) is 1. The third-order valence-electron chi connectivity index (χ3n) is 6.74. The zero-order valence-electron chi connectivity index (χ0n) is 20.0. The van der Waals surface area contributed by atoms with Gasteiger partial charge in [-0.25, -0.2) is 19.3 Å². The second kappa shape index (κ2) is 9.51. The van der Waals surface area contributed by atoms with Crippen LogP contribution in [-0.4, -0.2) is 56.3 Å². The highest BCUT2D eigenvalue weighted by molar-refractivity contribution is 5.83. The molecule has 3 heterocycles. The maximum atomic E-state index is 15.1. The van der Waals surface area contributed by atoms with Gasteiger partial charge in [0.2, 0.25) is 0 Å². The summed E-state index contributed by atoms with van der Waals surface area (Å²) in [5.74, 6) is 0.525. The molecule has 0 aliphatic carbocycles. The highest BCUT2D eigenvalue weighted by Crippen LogP contribution is 2.33. The Kier molecular flexibility index (Phi) is 6.40. The Bertz CT molecular complexity index is 1380. The van der Waals surface area contributed by atoms with Gasteiger partial charge in [-0.15, -0.1) is 0 Å². The molecular formula is C26H26F3N5O2. The van der Waals surface area contributed by atoms with Crippen LogP contribution in [0.2, 0.25) is 0 Å². The summed E-state index contributed by atoms with van der Waals surface area (Å²) < 4.78 is 47.3. The number of halogens is 3. The summed E-state index contributed by atoms with van der Waals surface area (Å²) >= 11 is 0. The third-order valence-corrected chi connectivity index (χ3v) is 6.74. The number of benzene rings is 2. The second-order valence-corrected chi connectivity index (χ2v) is 9.18. The van der Waals surface area contributed by atoms with E-state index in [4.69, 9.17) is 0 Å². The van der Waals surface area contributed by atoms with Crippen LogP contribution in [0.4, 0.5) is 13.2 Å². The lowest BCUT2D eigenvalue weighted by atomic mass is 9.90. The van der Waals surface area contributed by atoms with Crippen molar-refractivity contribution in [2.24, 2.45) is 0 Å². The van der Waals surface area contributed by atoms with Crippen molar-refractivity contribution in [3.63, 3.8) is 0 Å². The van der Waals surface area contributed by atoms with Crippen LogP contribution >= 0.6 is 0 Å². The number of imidazole rings is 1. The Balaban J connectivity index is 1.49. The van der Waals surface area contributed by atoms with Crippen LogP contribution < -0.4 is 4.74 Å². The van der Waals surface area contributed by atoms with Crippen molar-refractivity contribution >= 4 is 11.0 Å². The Morgan fingerprint density at radius 3 is 2.50 bits per heavy atom. The van der Waals surface area contributed by atoms with E-state index in [9.17, 15) is 13.9 Å². The molecule has 0 atom stereocenters. The minimum absolute atomic E-state index is 0.0758. The van der Waals surface area contributed by atoms with E-state index in [1.54, 1.807) is 31.2 Å². The highest BCUT2D eigenvalue weighted by Gasteiger charge is 2.35. The first-order valence-corrected chi connectivity index (χ1v) is 11.7. The van der Waals surface area contributed by atoms with E-state index in [2.05, 4.69) is 24.6 Å². The van der Waals surface area contributed by atoms with Crippen LogP contribution in [0.15, 0.2) is 48.8 Å². The van der Waals surface area contributed by atoms with Gasteiger partial charge in [0.25, 0.3) is 0 Å². The molecule has 2 aromatic heterocycles. The summed E-state index contributed by atoms with van der Waals surface area (Å²) in [5.41, 5.74) is 1.26. The molecule has 0 unspecified atom stereocenters. The molecule has 1 aliphatic rings. The zero-order chi connectivity index (χ0) is 25.4. The number of likely N-dealkylation sites (tertiary alicyclic amines) is 1. The average Bonchev–Trinajstić information content (AvgIpc) is 3.15. The second-order valence-electron chi connectivity index (χ2n) is 9.18. The summed E-state index contributed by atoms with van der Waals surface area (Å²) in [4.78, 5) is 15.3. The van der Waals surface area contributed by atoms with Crippen LogP contribution in [0, 0.1) is 12.7 Å². The lowest BCUT2D eigenvalue weighted by Crippen LogP contribution is -2.41. The van der Waals surface area contributed by atoms with Crippen LogP contribution in [0.5, 0.6) is 5.75 Å². The smallest absolute Gasteiger partial charge is 0.387 e. The molecule has 5 rings (SSSR count). The van der Waals surface area contributed by atoms with E-state index in [0.29, 0.717) is 46.7 Å². The molecule has 0 amide bonds. The molecule has 0 spiro atoms.